The molecular weight excluding hydrogens is 656 g/mol. The number of rotatable bonds is 13. The first kappa shape index (κ1) is 33.6. The second-order valence-electron chi connectivity index (χ2n) is 11.8. The van der Waals surface area contributed by atoms with Crippen LogP contribution in [0.3, 0.4) is 0 Å². The predicted octanol–water partition coefficient (Wildman–Crippen LogP) is 5.75. The van der Waals surface area contributed by atoms with E-state index in [0.29, 0.717) is 77.9 Å². The monoisotopic (exact) mass is 691 g/mol. The minimum Gasteiger partial charge on any atom is -0.481 e. The number of pyridine rings is 2. The second-order valence-corrected chi connectivity index (χ2v) is 12.6. The van der Waals surface area contributed by atoms with E-state index in [1.807, 2.05) is 30.3 Å². The molecule has 10 nitrogen and oxygen atoms in total. The van der Waals surface area contributed by atoms with Crippen LogP contribution in [0.1, 0.15) is 36.8 Å². The third-order valence-electron chi connectivity index (χ3n) is 8.50. The third-order valence-corrected chi connectivity index (χ3v) is 9.29. The fraction of sp³-hybridized carbons (Fsp3) is 0.314. The molecule has 6 rings (SSSR count). The highest BCUT2D eigenvalue weighted by molar-refractivity contribution is 6.39. The van der Waals surface area contributed by atoms with E-state index < -0.39 is 5.82 Å². The van der Waals surface area contributed by atoms with Crippen molar-refractivity contribution in [1.29, 1.82) is 0 Å². The summed E-state index contributed by atoms with van der Waals surface area (Å²) >= 11 is 13.9. The van der Waals surface area contributed by atoms with Crippen molar-refractivity contribution in [2.45, 2.75) is 50.9 Å². The van der Waals surface area contributed by atoms with Gasteiger partial charge < -0.3 is 31.3 Å². The molecule has 0 unspecified atom stereocenters. The number of halogens is 3. The van der Waals surface area contributed by atoms with Crippen molar-refractivity contribution in [3.8, 4) is 28.3 Å². The maximum atomic E-state index is 15.5. The average molecular weight is 693 g/mol. The molecule has 0 radical (unpaired) electrons. The van der Waals surface area contributed by atoms with Gasteiger partial charge in [0.1, 0.15) is 5.82 Å². The van der Waals surface area contributed by atoms with Crippen LogP contribution in [-0.4, -0.2) is 54.1 Å². The van der Waals surface area contributed by atoms with E-state index in [1.54, 1.807) is 37.6 Å². The van der Waals surface area contributed by atoms with Crippen LogP contribution >= 0.6 is 23.2 Å². The Morgan fingerprint density at radius 2 is 1.48 bits per heavy atom. The molecule has 2 saturated heterocycles. The van der Waals surface area contributed by atoms with Gasteiger partial charge >= 0.3 is 0 Å². The van der Waals surface area contributed by atoms with Gasteiger partial charge in [-0.3, -0.25) is 9.59 Å². The number of methoxy groups -OCH3 is 1. The van der Waals surface area contributed by atoms with Gasteiger partial charge in [-0.1, -0.05) is 59.6 Å². The predicted molar refractivity (Wildman–Crippen MR) is 185 cm³/mol. The molecule has 4 heterocycles. The van der Waals surface area contributed by atoms with Gasteiger partial charge in [0, 0.05) is 85.1 Å². The first-order chi connectivity index (χ1) is 23.3. The molecule has 13 heteroatoms. The number of carbonyl (C=O) groups excluding carboxylic acids is 2. The minimum atomic E-state index is -0.423. The zero-order valence-electron chi connectivity index (χ0n) is 26.3. The molecule has 2 amide bonds. The zero-order valence-corrected chi connectivity index (χ0v) is 27.8. The smallest absolute Gasteiger partial charge is 0.220 e. The number of benzene rings is 2. The fourth-order valence-electron chi connectivity index (χ4n) is 5.97. The van der Waals surface area contributed by atoms with Gasteiger partial charge in [-0.25, -0.2) is 14.4 Å². The number of ether oxygens (including phenoxy) is 1. The van der Waals surface area contributed by atoms with Gasteiger partial charge in [-0.15, -0.1) is 0 Å². The van der Waals surface area contributed by atoms with E-state index in [4.69, 9.17) is 32.9 Å². The van der Waals surface area contributed by atoms with E-state index in [2.05, 4.69) is 31.6 Å². The number of hydrogen-bond donors (Lipinski definition) is 5. The minimum absolute atomic E-state index is 0.0439. The van der Waals surface area contributed by atoms with Gasteiger partial charge in [0.15, 0.2) is 5.82 Å². The summed E-state index contributed by atoms with van der Waals surface area (Å²) < 4.78 is 21.1. The van der Waals surface area contributed by atoms with Crippen LogP contribution < -0.4 is 31.3 Å². The Bertz CT molecular complexity index is 1830. The molecule has 2 aliphatic heterocycles. The SMILES string of the molecule is COc1nc(-c2cccc(-c3ccnc(Nc4cccc(CNC[C@@H]5CCC(=O)N5)c4F)c3Cl)c2Cl)ccc1CNC[C@@H]1CCC(=O)N1. The molecule has 0 saturated carbocycles. The highest BCUT2D eigenvalue weighted by atomic mass is 35.5. The molecule has 2 aromatic carbocycles. The van der Waals surface area contributed by atoms with Crippen LogP contribution in [0.2, 0.25) is 10.0 Å². The van der Waals surface area contributed by atoms with Gasteiger partial charge in [0.05, 0.1) is 28.5 Å². The Morgan fingerprint density at radius 1 is 0.833 bits per heavy atom. The highest BCUT2D eigenvalue weighted by Crippen LogP contribution is 2.41. The van der Waals surface area contributed by atoms with Crippen molar-refractivity contribution in [2.24, 2.45) is 0 Å². The zero-order chi connectivity index (χ0) is 33.6. The number of hydrogen-bond acceptors (Lipinski definition) is 8. The summed E-state index contributed by atoms with van der Waals surface area (Å²) in [5.41, 5.74) is 4.16. The summed E-state index contributed by atoms with van der Waals surface area (Å²) in [4.78, 5) is 32.1. The third kappa shape index (κ3) is 7.71. The fourth-order valence-corrected chi connectivity index (χ4v) is 6.56. The van der Waals surface area contributed by atoms with E-state index >= 15 is 4.39 Å². The molecule has 2 aliphatic rings. The van der Waals surface area contributed by atoms with Gasteiger partial charge in [0.2, 0.25) is 17.7 Å². The lowest BCUT2D eigenvalue weighted by Crippen LogP contribution is -2.35. The van der Waals surface area contributed by atoms with Crippen molar-refractivity contribution < 1.29 is 18.7 Å². The molecule has 2 atom stereocenters. The lowest BCUT2D eigenvalue weighted by Gasteiger charge is -2.16. The summed E-state index contributed by atoms with van der Waals surface area (Å²) in [6, 6.07) is 16.4. The molecule has 2 fully saturated rings. The van der Waals surface area contributed by atoms with Crippen molar-refractivity contribution in [1.82, 2.24) is 31.2 Å². The summed E-state index contributed by atoms with van der Waals surface area (Å²) in [5, 5.41) is 16.2. The quantitative estimate of drug-likeness (QED) is 0.120. The van der Waals surface area contributed by atoms with Crippen molar-refractivity contribution >= 4 is 46.5 Å². The molecule has 48 heavy (non-hydrogen) atoms. The number of anilines is 2. The summed E-state index contributed by atoms with van der Waals surface area (Å²) in [6.07, 6.45) is 4.25. The van der Waals surface area contributed by atoms with Crippen molar-refractivity contribution in [3.05, 3.63) is 87.8 Å². The molecule has 5 N–H and O–H groups in total. The first-order valence-corrected chi connectivity index (χ1v) is 16.6. The molecule has 2 aromatic heterocycles. The van der Waals surface area contributed by atoms with Crippen molar-refractivity contribution in [2.75, 3.05) is 25.5 Å². The number of aromatic nitrogens is 2. The Kier molecular flexibility index (Phi) is 10.7. The van der Waals surface area contributed by atoms with Crippen molar-refractivity contribution in [3.63, 3.8) is 0 Å². The first-order valence-electron chi connectivity index (χ1n) is 15.8. The van der Waals surface area contributed by atoms with Crippen LogP contribution in [0, 0.1) is 5.82 Å². The summed E-state index contributed by atoms with van der Waals surface area (Å²) in [7, 11) is 1.57. The van der Waals surface area contributed by atoms with Crippen LogP contribution in [-0.2, 0) is 22.7 Å². The van der Waals surface area contributed by atoms with Gasteiger partial charge in [0.25, 0.3) is 0 Å². The van der Waals surface area contributed by atoms with Crippen LogP contribution in [0.5, 0.6) is 5.88 Å². The molecule has 0 aliphatic carbocycles. The number of nitrogens with one attached hydrogen (secondary N) is 5. The standard InChI is InChI=1S/C35H36Cl2FN7O3/c1-48-35-21(17-40-19-23-10-13-30(47)43-23)8-11-27(45-35)26-6-3-5-24(31(26)36)25-14-15-41-34(32(25)37)44-28-7-2-4-20(33(28)38)16-39-18-22-9-12-29(46)42-22/h2-8,11,14-15,22-23,39-40H,9-10,12-13,16-19H2,1H3,(H,41,44)(H,42,46)(H,43,47)/t22-,23-/m0/s1. The van der Waals surface area contributed by atoms with Crippen LogP contribution in [0.15, 0.2) is 60.8 Å². The number of nitrogens with zero attached hydrogens (tertiary/aromatic N) is 2. The Hall–Kier alpha value is -4.29. The number of amides is 2. The molecule has 0 spiro atoms. The second kappa shape index (κ2) is 15.3. The molecule has 250 valence electrons. The van der Waals surface area contributed by atoms with Crippen LogP contribution in [0.4, 0.5) is 15.9 Å². The molecule has 4 aromatic rings. The Balaban J connectivity index is 1.17. The summed E-state index contributed by atoms with van der Waals surface area (Å²) in [5.74, 6) is 0.453. The normalized spacial score (nSPS) is 17.3. The highest BCUT2D eigenvalue weighted by Gasteiger charge is 2.22. The average Bonchev–Trinajstić information content (AvgIpc) is 3.70. The van der Waals surface area contributed by atoms with E-state index in [-0.39, 0.29) is 40.4 Å². The topological polar surface area (TPSA) is 129 Å². The Labute approximate surface area is 288 Å². The van der Waals surface area contributed by atoms with E-state index in [9.17, 15) is 9.59 Å². The maximum Gasteiger partial charge on any atom is 0.220 e. The lowest BCUT2D eigenvalue weighted by atomic mass is 10.0. The van der Waals surface area contributed by atoms with E-state index in [0.717, 1.165) is 18.4 Å². The lowest BCUT2D eigenvalue weighted by molar-refractivity contribution is -0.120. The van der Waals surface area contributed by atoms with Gasteiger partial charge in [-0.2, -0.15) is 0 Å². The maximum absolute atomic E-state index is 15.5. The molecular formula is C35H36Cl2FN7O3. The largest absolute Gasteiger partial charge is 0.481 e. The molecule has 0 bridgehead atoms. The van der Waals surface area contributed by atoms with E-state index in [1.165, 1.54) is 0 Å². The number of carbonyl (C=O) groups is 2. The van der Waals surface area contributed by atoms with Gasteiger partial charge in [-0.05, 0) is 31.0 Å². The Morgan fingerprint density at radius 3 is 2.15 bits per heavy atom. The van der Waals surface area contributed by atoms with Crippen LogP contribution in [0.25, 0.3) is 22.4 Å². The summed E-state index contributed by atoms with van der Waals surface area (Å²) in [6.45, 7) is 2.04.